The van der Waals surface area contributed by atoms with Crippen molar-refractivity contribution in [2.45, 2.75) is 0 Å². The van der Waals surface area contributed by atoms with Crippen molar-refractivity contribution in [1.29, 1.82) is 10.5 Å². The van der Waals surface area contributed by atoms with Gasteiger partial charge in [-0.15, -0.1) is 0 Å². The zero-order valence-electron chi connectivity index (χ0n) is 27.3. The number of hydrogen-bond donors (Lipinski definition) is 0. The molecule has 0 saturated heterocycles. The molecule has 8 nitrogen and oxygen atoms in total. The van der Waals surface area contributed by atoms with E-state index in [4.69, 9.17) is 33.1 Å². The summed E-state index contributed by atoms with van der Waals surface area (Å²) in [5, 5.41) is 18.7. The average molecular weight is 663 g/mol. The molecule has 0 unspecified atom stereocenters. The first-order valence-corrected chi connectivity index (χ1v) is 16.1. The third kappa shape index (κ3) is 5.82. The molecular weight excluding hydrogens is 641 g/mol. The number of fused-ring (bicyclic) bond motifs is 2. The summed E-state index contributed by atoms with van der Waals surface area (Å²) in [7, 11) is 0. The van der Waals surface area contributed by atoms with E-state index in [9.17, 15) is 10.5 Å². The summed E-state index contributed by atoms with van der Waals surface area (Å²) in [6.07, 6.45) is 0. The summed E-state index contributed by atoms with van der Waals surface area (Å²) in [5.41, 5.74) is 12.8. The van der Waals surface area contributed by atoms with Crippen molar-refractivity contribution in [2.75, 3.05) is 0 Å². The van der Waals surface area contributed by atoms with Crippen LogP contribution in [0, 0.1) is 35.8 Å². The highest BCUT2D eigenvalue weighted by molar-refractivity contribution is 5.92. The van der Waals surface area contributed by atoms with E-state index in [1.54, 1.807) is 48.5 Å². The number of nitriles is 2. The van der Waals surface area contributed by atoms with Gasteiger partial charge >= 0.3 is 0 Å². The molecule has 0 N–H and O–H groups in total. The quantitative estimate of drug-likeness (QED) is 0.170. The van der Waals surface area contributed by atoms with E-state index in [2.05, 4.69) is 21.8 Å². The molecule has 0 aliphatic carbocycles. The minimum absolute atomic E-state index is 0.536. The summed E-state index contributed by atoms with van der Waals surface area (Å²) in [5.74, 6) is 0. The number of rotatable bonds is 5. The molecule has 8 rings (SSSR count). The van der Waals surface area contributed by atoms with Crippen LogP contribution in [0.3, 0.4) is 0 Å². The maximum absolute atomic E-state index is 9.37. The Morgan fingerprint density at radius 2 is 0.654 bits per heavy atom. The van der Waals surface area contributed by atoms with Gasteiger partial charge < -0.3 is 0 Å². The second kappa shape index (κ2) is 13.1. The van der Waals surface area contributed by atoms with E-state index in [-0.39, 0.29) is 0 Å². The average Bonchev–Trinajstić information content (AvgIpc) is 3.22. The fourth-order valence-electron chi connectivity index (χ4n) is 6.07. The van der Waals surface area contributed by atoms with Crippen LogP contribution in [-0.4, -0.2) is 19.9 Å². The van der Waals surface area contributed by atoms with E-state index in [1.165, 1.54) is 0 Å². The number of nitrogens with zero attached hydrogens (tertiary/aromatic N) is 8. The van der Waals surface area contributed by atoms with E-state index in [0.717, 1.165) is 33.4 Å². The SMILES string of the molecule is [C-]#[N+]c1ccc(-c2nc3ccc(-c4ccc5nc(-c6ccc(C#N)cc6)c(-c6ccc(C#N)cc6)nc5c4)cc3nc2-c2ccc([N+]#[C-])cc2)cc1. The maximum atomic E-state index is 9.37. The summed E-state index contributed by atoms with van der Waals surface area (Å²) < 4.78 is 0. The Balaban J connectivity index is 1.26. The van der Waals surface area contributed by atoms with Gasteiger partial charge in [0.25, 0.3) is 0 Å². The highest BCUT2D eigenvalue weighted by Crippen LogP contribution is 2.36. The normalized spacial score (nSPS) is 10.6. The Labute approximate surface area is 298 Å². The molecule has 8 heteroatoms. The number of aromatic nitrogens is 4. The van der Waals surface area contributed by atoms with Crippen molar-refractivity contribution in [3.05, 3.63) is 167 Å². The van der Waals surface area contributed by atoms with Crippen LogP contribution in [-0.2, 0) is 0 Å². The summed E-state index contributed by atoms with van der Waals surface area (Å²) >= 11 is 0. The molecule has 0 spiro atoms. The summed E-state index contributed by atoms with van der Waals surface area (Å²) in [6.45, 7) is 14.7. The highest BCUT2D eigenvalue weighted by atomic mass is 14.8. The molecule has 0 aliphatic rings. The van der Waals surface area contributed by atoms with Gasteiger partial charge in [-0.2, -0.15) is 10.5 Å². The molecule has 0 bridgehead atoms. The molecule has 52 heavy (non-hydrogen) atoms. The van der Waals surface area contributed by atoms with Gasteiger partial charge in [0.05, 0.1) is 81.3 Å². The molecule has 0 atom stereocenters. The number of hydrogen-bond acceptors (Lipinski definition) is 6. The smallest absolute Gasteiger partial charge is 0.187 e. The molecule has 0 amide bonds. The van der Waals surface area contributed by atoms with Crippen molar-refractivity contribution >= 4 is 33.4 Å². The lowest BCUT2D eigenvalue weighted by atomic mass is 10.00. The largest absolute Gasteiger partial charge is 0.244 e. The topological polar surface area (TPSA) is 108 Å². The van der Waals surface area contributed by atoms with Crippen molar-refractivity contribution in [3.8, 4) is 68.3 Å². The molecule has 0 aliphatic heterocycles. The summed E-state index contributed by atoms with van der Waals surface area (Å²) in [6, 6.07) is 45.4. The van der Waals surface area contributed by atoms with Crippen LogP contribution in [0.1, 0.15) is 11.1 Å². The third-order valence-corrected chi connectivity index (χ3v) is 8.78. The first-order chi connectivity index (χ1) is 25.5. The second-order valence-electron chi connectivity index (χ2n) is 11.9. The standard InChI is InChI=1S/C44H22N8/c1-47-35-17-11-31(12-18-35)42-44(32-13-19-36(48-2)20-14-32)52-40-24-34(16-22-38(40)50-42)33-15-21-37-39(23-33)51-43(30-9-5-28(26-46)6-10-30)41(49-37)29-7-3-27(25-45)4-8-29/h3-24H. The van der Waals surface area contributed by atoms with Gasteiger partial charge in [0.1, 0.15) is 0 Å². The van der Waals surface area contributed by atoms with Gasteiger partial charge in [-0.1, -0.05) is 84.9 Å². The lowest BCUT2D eigenvalue weighted by molar-refractivity contribution is 1.29. The van der Waals surface area contributed by atoms with Gasteiger partial charge in [-0.25, -0.2) is 29.6 Å². The lowest BCUT2D eigenvalue weighted by Crippen LogP contribution is -1.97. The highest BCUT2D eigenvalue weighted by Gasteiger charge is 2.17. The van der Waals surface area contributed by atoms with Crippen LogP contribution in [0.4, 0.5) is 11.4 Å². The zero-order chi connectivity index (χ0) is 35.6. The van der Waals surface area contributed by atoms with E-state index < -0.39 is 0 Å². The minimum atomic E-state index is 0.536. The Kier molecular flexibility index (Phi) is 7.88. The van der Waals surface area contributed by atoms with Crippen LogP contribution < -0.4 is 0 Å². The second-order valence-corrected chi connectivity index (χ2v) is 11.9. The minimum Gasteiger partial charge on any atom is -0.244 e. The van der Waals surface area contributed by atoms with Gasteiger partial charge in [-0.05, 0) is 70.8 Å². The predicted molar refractivity (Wildman–Crippen MR) is 202 cm³/mol. The van der Waals surface area contributed by atoms with Crippen molar-refractivity contribution < 1.29 is 0 Å². The van der Waals surface area contributed by atoms with E-state index >= 15 is 0 Å². The Morgan fingerprint density at radius 1 is 0.365 bits per heavy atom. The number of benzene rings is 6. The molecule has 2 heterocycles. The zero-order valence-corrected chi connectivity index (χ0v) is 27.3. The molecule has 8 aromatic rings. The van der Waals surface area contributed by atoms with Gasteiger partial charge in [-0.3, -0.25) is 0 Å². The summed E-state index contributed by atoms with van der Waals surface area (Å²) in [4.78, 5) is 27.4. The van der Waals surface area contributed by atoms with Crippen molar-refractivity contribution in [1.82, 2.24) is 19.9 Å². The van der Waals surface area contributed by atoms with Crippen LogP contribution in [0.25, 0.3) is 87.9 Å². The molecule has 6 aromatic carbocycles. The van der Waals surface area contributed by atoms with Crippen molar-refractivity contribution in [3.63, 3.8) is 0 Å². The molecule has 2 aromatic heterocycles. The Hall–Kier alpha value is -8.04. The van der Waals surface area contributed by atoms with E-state index in [1.807, 2.05) is 84.9 Å². The molecule has 238 valence electrons. The van der Waals surface area contributed by atoms with Crippen LogP contribution >= 0.6 is 0 Å². The first-order valence-electron chi connectivity index (χ1n) is 16.1. The molecular formula is C44H22N8. The monoisotopic (exact) mass is 662 g/mol. The van der Waals surface area contributed by atoms with Crippen LogP contribution in [0.5, 0.6) is 0 Å². The molecule has 0 fully saturated rings. The van der Waals surface area contributed by atoms with Gasteiger partial charge in [0, 0.05) is 11.1 Å². The van der Waals surface area contributed by atoms with Gasteiger partial charge in [0.15, 0.2) is 11.4 Å². The fourth-order valence-corrected chi connectivity index (χ4v) is 6.07. The lowest BCUT2D eigenvalue weighted by Gasteiger charge is -2.13. The van der Waals surface area contributed by atoms with Crippen molar-refractivity contribution in [2.24, 2.45) is 0 Å². The van der Waals surface area contributed by atoms with Gasteiger partial charge in [0.2, 0.25) is 0 Å². The first kappa shape index (κ1) is 31.2. The molecule has 0 radical (unpaired) electrons. The Bertz CT molecular complexity index is 2650. The molecule has 0 saturated carbocycles. The maximum Gasteiger partial charge on any atom is 0.187 e. The van der Waals surface area contributed by atoms with Crippen LogP contribution in [0.15, 0.2) is 133 Å². The van der Waals surface area contributed by atoms with E-state index in [0.29, 0.717) is 67.3 Å². The fraction of sp³-hybridized carbons (Fsp3) is 0. The van der Waals surface area contributed by atoms with Crippen LogP contribution in [0.2, 0.25) is 0 Å². The predicted octanol–water partition coefficient (Wildman–Crippen LogP) is 10.8. The third-order valence-electron chi connectivity index (χ3n) is 8.78. The Morgan fingerprint density at radius 3 is 0.962 bits per heavy atom.